The van der Waals surface area contributed by atoms with Gasteiger partial charge in [0.1, 0.15) is 0 Å². The Bertz CT molecular complexity index is 257. The van der Waals surface area contributed by atoms with Gasteiger partial charge in [-0.05, 0) is 45.6 Å². The molecular weight excluding hydrogens is 202 g/mol. The summed E-state index contributed by atoms with van der Waals surface area (Å²) in [5.41, 5.74) is 1.35. The molecule has 1 aliphatic heterocycles. The van der Waals surface area contributed by atoms with E-state index in [4.69, 9.17) is 5.11 Å². The van der Waals surface area contributed by atoms with Crippen LogP contribution in [0.3, 0.4) is 0 Å². The van der Waals surface area contributed by atoms with Crippen LogP contribution in [0.2, 0.25) is 0 Å². The maximum atomic E-state index is 10.5. The molecule has 1 atom stereocenters. The van der Waals surface area contributed by atoms with Gasteiger partial charge in [0, 0.05) is 19.5 Å². The minimum atomic E-state index is -0.665. The number of likely N-dealkylation sites (tertiary alicyclic amines) is 1. The van der Waals surface area contributed by atoms with E-state index in [9.17, 15) is 4.79 Å². The molecule has 0 aromatic heterocycles. The fourth-order valence-electron chi connectivity index (χ4n) is 2.19. The van der Waals surface area contributed by atoms with Crippen LogP contribution in [-0.4, -0.2) is 35.6 Å². The lowest BCUT2D eigenvalue weighted by Gasteiger charge is -2.31. The zero-order valence-corrected chi connectivity index (χ0v) is 10.4. The molecule has 0 radical (unpaired) electrons. The van der Waals surface area contributed by atoms with Crippen LogP contribution in [0.25, 0.3) is 0 Å². The molecule has 0 bridgehead atoms. The minimum Gasteiger partial charge on any atom is -0.481 e. The van der Waals surface area contributed by atoms with E-state index in [2.05, 4.69) is 24.8 Å². The van der Waals surface area contributed by atoms with Crippen LogP contribution >= 0.6 is 0 Å². The highest BCUT2D eigenvalue weighted by molar-refractivity contribution is 5.66. The lowest BCUT2D eigenvalue weighted by molar-refractivity contribution is -0.137. The summed E-state index contributed by atoms with van der Waals surface area (Å²) in [5.74, 6) is -0.0863. The molecule has 1 aliphatic rings. The molecule has 0 aliphatic carbocycles. The summed E-state index contributed by atoms with van der Waals surface area (Å²) < 4.78 is 0. The number of hydrogen-bond acceptors (Lipinski definition) is 2. The van der Waals surface area contributed by atoms with Gasteiger partial charge in [0.2, 0.25) is 0 Å². The van der Waals surface area contributed by atoms with Gasteiger partial charge in [0.25, 0.3) is 0 Å². The molecule has 1 saturated heterocycles. The number of carbonyl (C=O) groups is 1. The average Bonchev–Trinajstić information content (AvgIpc) is 2.24. The third-order valence-corrected chi connectivity index (χ3v) is 3.13. The first-order valence-corrected chi connectivity index (χ1v) is 6.15. The highest BCUT2D eigenvalue weighted by Gasteiger charge is 2.19. The van der Waals surface area contributed by atoms with Crippen LogP contribution in [0.4, 0.5) is 0 Å². The number of aliphatic carboxylic acids is 1. The van der Waals surface area contributed by atoms with Crippen LogP contribution in [0.5, 0.6) is 0 Å². The van der Waals surface area contributed by atoms with Gasteiger partial charge in [-0.15, -0.1) is 0 Å². The molecule has 16 heavy (non-hydrogen) atoms. The largest absolute Gasteiger partial charge is 0.481 e. The Hall–Kier alpha value is -0.830. The number of rotatable bonds is 5. The van der Waals surface area contributed by atoms with Crippen molar-refractivity contribution < 1.29 is 9.90 Å². The van der Waals surface area contributed by atoms with Gasteiger partial charge < -0.3 is 5.11 Å². The molecule has 1 N–H and O–H groups in total. The van der Waals surface area contributed by atoms with Crippen molar-refractivity contribution in [1.29, 1.82) is 0 Å². The zero-order chi connectivity index (χ0) is 12.0. The molecule has 1 rings (SSSR count). The summed E-state index contributed by atoms with van der Waals surface area (Å²) in [7, 11) is 0. The summed E-state index contributed by atoms with van der Waals surface area (Å²) in [6.45, 7) is 7.48. The molecule has 1 heterocycles. The fraction of sp³-hybridized carbons (Fsp3) is 0.769. The zero-order valence-electron chi connectivity index (χ0n) is 10.4. The predicted molar refractivity (Wildman–Crippen MR) is 65.5 cm³/mol. The molecule has 0 aromatic rings. The summed E-state index contributed by atoms with van der Waals surface area (Å²) in [4.78, 5) is 12.9. The van der Waals surface area contributed by atoms with Crippen molar-refractivity contribution >= 4 is 5.97 Å². The van der Waals surface area contributed by atoms with Crippen molar-refractivity contribution in [2.75, 3.05) is 19.6 Å². The topological polar surface area (TPSA) is 40.5 Å². The first kappa shape index (κ1) is 13.2. The van der Waals surface area contributed by atoms with Gasteiger partial charge in [0.05, 0.1) is 0 Å². The van der Waals surface area contributed by atoms with Crippen molar-refractivity contribution in [3.8, 4) is 0 Å². The predicted octanol–water partition coefficient (Wildman–Crippen LogP) is 2.53. The van der Waals surface area contributed by atoms with Crippen LogP contribution < -0.4 is 0 Å². The molecule has 92 valence electrons. The van der Waals surface area contributed by atoms with Crippen molar-refractivity contribution in [3.05, 3.63) is 11.6 Å². The number of piperidine rings is 1. The maximum absolute atomic E-state index is 10.5. The Labute approximate surface area is 98.1 Å². The van der Waals surface area contributed by atoms with E-state index >= 15 is 0 Å². The summed E-state index contributed by atoms with van der Waals surface area (Å²) in [5, 5.41) is 8.66. The lowest BCUT2D eigenvalue weighted by Crippen LogP contribution is -2.35. The van der Waals surface area contributed by atoms with Crippen molar-refractivity contribution in [2.24, 2.45) is 5.92 Å². The van der Waals surface area contributed by atoms with E-state index in [1.165, 1.54) is 18.4 Å². The lowest BCUT2D eigenvalue weighted by atomic mass is 9.93. The smallest absolute Gasteiger partial charge is 0.303 e. The third kappa shape index (κ3) is 5.31. The molecular formula is C13H23NO2. The van der Waals surface area contributed by atoms with E-state index < -0.39 is 5.97 Å². The molecule has 0 spiro atoms. The standard InChI is InChI=1S/C13H23NO2/c1-11(2)7-9-14-8-3-4-12(10-14)5-6-13(15)16/h7,12H,3-6,8-10H2,1-2H3,(H,15,16). The van der Waals surface area contributed by atoms with Gasteiger partial charge in [-0.1, -0.05) is 11.6 Å². The SMILES string of the molecule is CC(C)=CCN1CCCC(CCC(=O)O)C1. The second kappa shape index (κ2) is 6.69. The van der Waals surface area contributed by atoms with E-state index in [0.29, 0.717) is 12.3 Å². The van der Waals surface area contributed by atoms with Gasteiger partial charge in [-0.3, -0.25) is 9.69 Å². The Morgan fingerprint density at radius 3 is 2.88 bits per heavy atom. The average molecular weight is 225 g/mol. The summed E-state index contributed by atoms with van der Waals surface area (Å²) in [6.07, 6.45) is 5.81. The van der Waals surface area contributed by atoms with Gasteiger partial charge >= 0.3 is 5.97 Å². The quantitative estimate of drug-likeness (QED) is 0.731. The number of hydrogen-bond donors (Lipinski definition) is 1. The Kier molecular flexibility index (Phi) is 5.53. The maximum Gasteiger partial charge on any atom is 0.303 e. The highest BCUT2D eigenvalue weighted by atomic mass is 16.4. The number of carboxylic acid groups (broad SMARTS) is 1. The second-order valence-corrected chi connectivity index (χ2v) is 4.98. The number of carboxylic acids is 1. The van der Waals surface area contributed by atoms with E-state index in [0.717, 1.165) is 26.1 Å². The van der Waals surface area contributed by atoms with Crippen LogP contribution in [0.15, 0.2) is 11.6 Å². The van der Waals surface area contributed by atoms with E-state index in [-0.39, 0.29) is 0 Å². The highest BCUT2D eigenvalue weighted by Crippen LogP contribution is 2.20. The van der Waals surface area contributed by atoms with Crippen LogP contribution in [0, 0.1) is 5.92 Å². The molecule has 0 amide bonds. The van der Waals surface area contributed by atoms with E-state index in [1.54, 1.807) is 0 Å². The number of allylic oxidation sites excluding steroid dienone is 1. The molecule has 3 nitrogen and oxygen atoms in total. The van der Waals surface area contributed by atoms with Gasteiger partial charge in [0.15, 0.2) is 0 Å². The van der Waals surface area contributed by atoms with Gasteiger partial charge in [-0.25, -0.2) is 0 Å². The van der Waals surface area contributed by atoms with Crippen LogP contribution in [0.1, 0.15) is 39.5 Å². The molecule has 0 aromatic carbocycles. The normalized spacial score (nSPS) is 21.8. The van der Waals surface area contributed by atoms with Crippen LogP contribution in [-0.2, 0) is 4.79 Å². The number of nitrogens with zero attached hydrogens (tertiary/aromatic N) is 1. The van der Waals surface area contributed by atoms with Crippen molar-refractivity contribution in [3.63, 3.8) is 0 Å². The minimum absolute atomic E-state index is 0.321. The molecule has 1 unspecified atom stereocenters. The summed E-state index contributed by atoms with van der Waals surface area (Å²) >= 11 is 0. The van der Waals surface area contributed by atoms with Crippen molar-refractivity contribution in [1.82, 2.24) is 4.90 Å². The Morgan fingerprint density at radius 2 is 2.25 bits per heavy atom. The first-order chi connectivity index (χ1) is 7.58. The molecule has 3 heteroatoms. The monoisotopic (exact) mass is 225 g/mol. The Morgan fingerprint density at radius 1 is 1.50 bits per heavy atom. The molecule has 0 saturated carbocycles. The third-order valence-electron chi connectivity index (χ3n) is 3.13. The van der Waals surface area contributed by atoms with E-state index in [1.807, 2.05) is 0 Å². The summed E-state index contributed by atoms with van der Waals surface area (Å²) in [6, 6.07) is 0. The molecule has 1 fully saturated rings. The Balaban J connectivity index is 2.29. The fourth-order valence-corrected chi connectivity index (χ4v) is 2.19. The van der Waals surface area contributed by atoms with Crippen molar-refractivity contribution in [2.45, 2.75) is 39.5 Å². The first-order valence-electron chi connectivity index (χ1n) is 6.15. The second-order valence-electron chi connectivity index (χ2n) is 4.98. The van der Waals surface area contributed by atoms with Gasteiger partial charge in [-0.2, -0.15) is 0 Å².